The second-order valence-electron chi connectivity index (χ2n) is 5.20. The van der Waals surface area contributed by atoms with Crippen LogP contribution in [0.1, 0.15) is 11.1 Å². The number of aryl methyl sites for hydroxylation is 1. The minimum absolute atomic E-state index is 0.0309. The molecule has 0 bridgehead atoms. The Kier molecular flexibility index (Phi) is 4.09. The number of carbonyl (C=O) groups excluding carboxylic acids is 2. The maximum Gasteiger partial charge on any atom is 0.263 e. The first kappa shape index (κ1) is 15.8. The molecule has 1 aromatic heterocycles. The summed E-state index contributed by atoms with van der Waals surface area (Å²) in [5, 5.41) is 5.09. The summed E-state index contributed by atoms with van der Waals surface area (Å²) in [4.78, 5) is 35.8. The molecule has 0 radical (unpaired) electrons. The standard InChI is InChI=1S/C17H12N2O4S/c1-9-5-6-11-13(7-9)23-8-10(14(11)20)3-2-4-12-15(21)18-17(24)19-16(12)22/h2-8H,1H3,(H2,18,19,21,22,24)/b3-2+. The van der Waals surface area contributed by atoms with Crippen molar-refractivity contribution in [2.45, 2.75) is 6.92 Å². The molecular formula is C17H12N2O4S. The fraction of sp³-hybridized carbons (Fsp3) is 0.0588. The summed E-state index contributed by atoms with van der Waals surface area (Å²) in [5.41, 5.74) is 1.53. The van der Waals surface area contributed by atoms with Crippen molar-refractivity contribution in [3.05, 3.63) is 63.5 Å². The zero-order valence-corrected chi connectivity index (χ0v) is 13.4. The van der Waals surface area contributed by atoms with Gasteiger partial charge in [-0.05, 0) is 49.0 Å². The number of thiocarbonyl (C=S) groups is 1. The molecule has 2 aromatic rings. The van der Waals surface area contributed by atoms with E-state index < -0.39 is 11.8 Å². The van der Waals surface area contributed by atoms with Gasteiger partial charge in [0.25, 0.3) is 11.8 Å². The van der Waals surface area contributed by atoms with Crippen LogP contribution in [0.25, 0.3) is 17.0 Å². The molecule has 24 heavy (non-hydrogen) atoms. The molecule has 0 spiro atoms. The third-order valence-electron chi connectivity index (χ3n) is 3.44. The summed E-state index contributed by atoms with van der Waals surface area (Å²) in [6, 6.07) is 5.31. The Morgan fingerprint density at radius 1 is 1.12 bits per heavy atom. The highest BCUT2D eigenvalue weighted by molar-refractivity contribution is 7.80. The number of benzene rings is 1. The Labute approximate surface area is 141 Å². The van der Waals surface area contributed by atoms with Crippen LogP contribution in [0.5, 0.6) is 0 Å². The summed E-state index contributed by atoms with van der Waals surface area (Å²) >= 11 is 4.71. The molecule has 1 aliphatic rings. The maximum absolute atomic E-state index is 12.4. The van der Waals surface area contributed by atoms with Gasteiger partial charge >= 0.3 is 0 Å². The highest BCUT2D eigenvalue weighted by Crippen LogP contribution is 2.14. The summed E-state index contributed by atoms with van der Waals surface area (Å²) in [6.45, 7) is 1.91. The molecule has 1 saturated heterocycles. The van der Waals surface area contributed by atoms with E-state index in [0.29, 0.717) is 16.5 Å². The third-order valence-corrected chi connectivity index (χ3v) is 3.64. The molecule has 2 amide bonds. The van der Waals surface area contributed by atoms with E-state index in [1.54, 1.807) is 12.1 Å². The van der Waals surface area contributed by atoms with Crippen molar-refractivity contribution in [2.24, 2.45) is 0 Å². The van der Waals surface area contributed by atoms with Crippen molar-refractivity contribution in [1.82, 2.24) is 10.6 Å². The summed E-state index contributed by atoms with van der Waals surface area (Å²) in [6.07, 6.45) is 5.57. The van der Waals surface area contributed by atoms with Crippen LogP contribution < -0.4 is 16.1 Å². The lowest BCUT2D eigenvalue weighted by Crippen LogP contribution is -2.51. The molecule has 1 aromatic carbocycles. The second kappa shape index (κ2) is 6.21. The van der Waals surface area contributed by atoms with Crippen molar-refractivity contribution < 1.29 is 14.0 Å². The predicted octanol–water partition coefficient (Wildman–Crippen LogP) is 1.57. The molecular weight excluding hydrogens is 328 g/mol. The number of nitrogens with one attached hydrogen (secondary N) is 2. The second-order valence-corrected chi connectivity index (χ2v) is 5.60. The van der Waals surface area contributed by atoms with Crippen LogP contribution in [0.15, 0.2) is 51.4 Å². The fourth-order valence-corrected chi connectivity index (χ4v) is 2.43. The average Bonchev–Trinajstić information content (AvgIpc) is 2.51. The van der Waals surface area contributed by atoms with Gasteiger partial charge in [-0.15, -0.1) is 0 Å². The average molecular weight is 340 g/mol. The van der Waals surface area contributed by atoms with E-state index in [1.807, 2.05) is 13.0 Å². The normalized spacial score (nSPS) is 14.9. The van der Waals surface area contributed by atoms with Gasteiger partial charge in [0.15, 0.2) is 10.5 Å². The van der Waals surface area contributed by atoms with Gasteiger partial charge < -0.3 is 4.42 Å². The van der Waals surface area contributed by atoms with Crippen molar-refractivity contribution in [3.63, 3.8) is 0 Å². The van der Waals surface area contributed by atoms with Gasteiger partial charge in [0.2, 0.25) is 0 Å². The molecule has 120 valence electrons. The smallest absolute Gasteiger partial charge is 0.263 e. The van der Waals surface area contributed by atoms with Crippen molar-refractivity contribution in [3.8, 4) is 0 Å². The molecule has 3 rings (SSSR count). The van der Waals surface area contributed by atoms with Crippen LogP contribution in [0.4, 0.5) is 0 Å². The minimum Gasteiger partial charge on any atom is -0.463 e. The zero-order valence-electron chi connectivity index (χ0n) is 12.6. The van der Waals surface area contributed by atoms with Gasteiger partial charge in [0.1, 0.15) is 17.4 Å². The van der Waals surface area contributed by atoms with Gasteiger partial charge in [-0.25, -0.2) is 0 Å². The van der Waals surface area contributed by atoms with E-state index in [2.05, 4.69) is 10.6 Å². The van der Waals surface area contributed by atoms with Crippen LogP contribution in [0.3, 0.4) is 0 Å². The largest absolute Gasteiger partial charge is 0.463 e. The first-order valence-corrected chi connectivity index (χ1v) is 7.44. The Hall–Kier alpha value is -3.06. The quantitative estimate of drug-likeness (QED) is 0.492. The first-order chi connectivity index (χ1) is 11.5. The number of fused-ring (bicyclic) bond motifs is 1. The van der Waals surface area contributed by atoms with Gasteiger partial charge in [-0.1, -0.05) is 12.1 Å². The molecule has 1 fully saturated rings. The van der Waals surface area contributed by atoms with Gasteiger partial charge in [0, 0.05) is 0 Å². The summed E-state index contributed by atoms with van der Waals surface area (Å²) in [5.74, 6) is -1.18. The molecule has 0 atom stereocenters. The Bertz CT molecular complexity index is 979. The van der Waals surface area contributed by atoms with Gasteiger partial charge in [-0.3, -0.25) is 25.0 Å². The number of allylic oxidation sites excluding steroid dienone is 2. The molecule has 0 saturated carbocycles. The molecule has 1 aliphatic heterocycles. The number of rotatable bonds is 2. The molecule has 7 heteroatoms. The molecule has 2 N–H and O–H groups in total. The van der Waals surface area contributed by atoms with E-state index in [-0.39, 0.29) is 16.1 Å². The predicted molar refractivity (Wildman–Crippen MR) is 93.2 cm³/mol. The first-order valence-electron chi connectivity index (χ1n) is 7.03. The van der Waals surface area contributed by atoms with Gasteiger partial charge in [0.05, 0.1) is 10.9 Å². The number of hydrogen-bond acceptors (Lipinski definition) is 5. The van der Waals surface area contributed by atoms with Crippen molar-refractivity contribution in [2.75, 3.05) is 0 Å². The van der Waals surface area contributed by atoms with E-state index in [1.165, 1.54) is 24.5 Å². The highest BCUT2D eigenvalue weighted by Gasteiger charge is 2.24. The lowest BCUT2D eigenvalue weighted by molar-refractivity contribution is -0.123. The summed E-state index contributed by atoms with van der Waals surface area (Å²) < 4.78 is 5.46. The number of amides is 2. The lowest BCUT2D eigenvalue weighted by atomic mass is 10.1. The van der Waals surface area contributed by atoms with Crippen molar-refractivity contribution >= 4 is 46.2 Å². The Morgan fingerprint density at radius 3 is 2.54 bits per heavy atom. The summed E-state index contributed by atoms with van der Waals surface area (Å²) in [7, 11) is 0. The monoisotopic (exact) mass is 340 g/mol. The van der Waals surface area contributed by atoms with Crippen LogP contribution in [-0.2, 0) is 9.59 Å². The van der Waals surface area contributed by atoms with Crippen LogP contribution >= 0.6 is 12.2 Å². The Morgan fingerprint density at radius 2 is 1.83 bits per heavy atom. The highest BCUT2D eigenvalue weighted by atomic mass is 32.1. The molecule has 2 heterocycles. The maximum atomic E-state index is 12.4. The van der Waals surface area contributed by atoms with Crippen LogP contribution in [0.2, 0.25) is 0 Å². The number of hydrogen-bond donors (Lipinski definition) is 2. The third kappa shape index (κ3) is 3.02. The van der Waals surface area contributed by atoms with Crippen molar-refractivity contribution in [1.29, 1.82) is 0 Å². The molecule has 0 unspecified atom stereocenters. The Balaban J connectivity index is 1.92. The zero-order chi connectivity index (χ0) is 17.3. The number of carbonyl (C=O) groups is 2. The van der Waals surface area contributed by atoms with Crippen LogP contribution in [0, 0.1) is 6.92 Å². The van der Waals surface area contributed by atoms with E-state index in [0.717, 1.165) is 5.56 Å². The molecule has 0 aliphatic carbocycles. The van der Waals surface area contributed by atoms with Crippen LogP contribution in [-0.4, -0.2) is 16.9 Å². The van der Waals surface area contributed by atoms with E-state index in [9.17, 15) is 14.4 Å². The molecule has 6 nitrogen and oxygen atoms in total. The van der Waals surface area contributed by atoms with E-state index in [4.69, 9.17) is 16.6 Å². The fourth-order valence-electron chi connectivity index (χ4n) is 2.24. The van der Waals surface area contributed by atoms with Gasteiger partial charge in [-0.2, -0.15) is 0 Å². The topological polar surface area (TPSA) is 88.4 Å². The lowest BCUT2D eigenvalue weighted by Gasteiger charge is -2.15. The SMILES string of the molecule is Cc1ccc2c(=O)c(/C=C/C=C3C(=O)NC(=S)NC3=O)coc2c1. The minimum atomic E-state index is -0.588. The van der Waals surface area contributed by atoms with E-state index >= 15 is 0 Å².